The maximum Gasteiger partial charge on any atom is 0.200 e. The maximum absolute atomic E-state index is 14.3. The van der Waals surface area contributed by atoms with E-state index in [9.17, 15) is 8.78 Å². The van der Waals surface area contributed by atoms with Gasteiger partial charge in [-0.3, -0.25) is 0 Å². The van der Waals surface area contributed by atoms with E-state index in [1.54, 1.807) is 12.1 Å². The van der Waals surface area contributed by atoms with E-state index in [1.807, 2.05) is 0 Å². The minimum absolute atomic E-state index is 0.0223. The first-order chi connectivity index (χ1) is 12.6. The van der Waals surface area contributed by atoms with Gasteiger partial charge in [0.25, 0.3) is 0 Å². The van der Waals surface area contributed by atoms with Crippen LogP contribution in [0, 0.1) is 23.5 Å². The smallest absolute Gasteiger partial charge is 0.200 e. The Labute approximate surface area is 155 Å². The summed E-state index contributed by atoms with van der Waals surface area (Å²) in [5.74, 6) is -0.256. The zero-order valence-corrected chi connectivity index (χ0v) is 15.8. The molecule has 144 valence electrons. The van der Waals surface area contributed by atoms with Crippen molar-refractivity contribution < 1.29 is 18.3 Å². The number of benzene rings is 1. The van der Waals surface area contributed by atoms with E-state index in [0.717, 1.165) is 45.1 Å². The van der Waals surface area contributed by atoms with Gasteiger partial charge in [-0.2, -0.15) is 4.39 Å². The lowest BCUT2D eigenvalue weighted by Crippen LogP contribution is -2.31. The third-order valence-corrected chi connectivity index (χ3v) is 6.11. The fourth-order valence-electron chi connectivity index (χ4n) is 4.52. The molecule has 1 saturated carbocycles. The molecule has 0 amide bonds. The van der Waals surface area contributed by atoms with Crippen LogP contribution in [0.1, 0.15) is 63.4 Å². The van der Waals surface area contributed by atoms with E-state index in [-0.39, 0.29) is 17.8 Å². The molecule has 2 nitrogen and oxygen atoms in total. The highest BCUT2D eigenvalue weighted by atomic mass is 19.2. The number of allylic oxidation sites excluding steroid dienone is 1. The minimum atomic E-state index is -0.862. The van der Waals surface area contributed by atoms with Crippen LogP contribution in [0.4, 0.5) is 8.78 Å². The molecular weight excluding hydrogens is 334 g/mol. The standard InChI is InChI=1S/C22H30F2O2/c1-3-4-5-18-11-10-17(14-26-18)15-6-8-16(9-7-15)19-12-13-20(25-2)22(24)21(19)23/h4-5,12-13,15-18H,3,6-11,14H2,1-2H3. The van der Waals surface area contributed by atoms with Gasteiger partial charge >= 0.3 is 0 Å². The van der Waals surface area contributed by atoms with Crippen LogP contribution in [0.15, 0.2) is 24.3 Å². The summed E-state index contributed by atoms with van der Waals surface area (Å²) in [4.78, 5) is 0. The predicted octanol–water partition coefficient (Wildman–Crippen LogP) is 6.01. The van der Waals surface area contributed by atoms with E-state index in [4.69, 9.17) is 9.47 Å². The molecule has 0 bridgehead atoms. The molecule has 1 heterocycles. The fraction of sp³-hybridized carbons (Fsp3) is 0.636. The lowest BCUT2D eigenvalue weighted by atomic mass is 9.72. The molecule has 1 aromatic rings. The largest absolute Gasteiger partial charge is 0.494 e. The van der Waals surface area contributed by atoms with Gasteiger partial charge in [0.2, 0.25) is 5.82 Å². The van der Waals surface area contributed by atoms with Crippen LogP contribution in [-0.2, 0) is 4.74 Å². The molecular formula is C22H30F2O2. The first-order valence-electron chi connectivity index (χ1n) is 9.94. The second-order valence-electron chi connectivity index (χ2n) is 7.64. The van der Waals surface area contributed by atoms with Gasteiger partial charge in [-0.05, 0) is 74.3 Å². The van der Waals surface area contributed by atoms with Gasteiger partial charge in [-0.1, -0.05) is 25.1 Å². The van der Waals surface area contributed by atoms with Gasteiger partial charge in [0.1, 0.15) is 0 Å². The average Bonchev–Trinajstić information content (AvgIpc) is 2.69. The molecule has 2 fully saturated rings. The van der Waals surface area contributed by atoms with Crippen molar-refractivity contribution in [2.24, 2.45) is 11.8 Å². The second kappa shape index (κ2) is 8.98. The lowest BCUT2D eigenvalue weighted by molar-refractivity contribution is -0.0150. The Morgan fingerprint density at radius 2 is 1.77 bits per heavy atom. The topological polar surface area (TPSA) is 18.5 Å². The molecule has 0 radical (unpaired) electrons. The number of hydrogen-bond acceptors (Lipinski definition) is 2. The maximum atomic E-state index is 14.3. The van der Waals surface area contributed by atoms with Gasteiger partial charge in [-0.15, -0.1) is 0 Å². The van der Waals surface area contributed by atoms with Crippen LogP contribution < -0.4 is 4.74 Å². The van der Waals surface area contributed by atoms with Crippen molar-refractivity contribution in [1.29, 1.82) is 0 Å². The van der Waals surface area contributed by atoms with Crippen molar-refractivity contribution in [3.8, 4) is 5.75 Å². The number of rotatable bonds is 5. The van der Waals surface area contributed by atoms with Crippen LogP contribution >= 0.6 is 0 Å². The first kappa shape index (κ1) is 19.3. The fourth-order valence-corrected chi connectivity index (χ4v) is 4.52. The Kier molecular flexibility index (Phi) is 6.68. The van der Waals surface area contributed by atoms with Crippen molar-refractivity contribution in [2.45, 2.75) is 63.9 Å². The number of ether oxygens (including phenoxy) is 2. The Bertz CT molecular complexity index is 613. The number of halogens is 2. The van der Waals surface area contributed by atoms with Crippen molar-refractivity contribution in [1.82, 2.24) is 0 Å². The summed E-state index contributed by atoms with van der Waals surface area (Å²) in [6.45, 7) is 2.97. The monoisotopic (exact) mass is 364 g/mol. The van der Waals surface area contributed by atoms with Crippen LogP contribution in [0.5, 0.6) is 5.75 Å². The molecule has 1 aliphatic heterocycles. The molecule has 2 unspecified atom stereocenters. The summed E-state index contributed by atoms with van der Waals surface area (Å²) in [6, 6.07) is 3.23. The van der Waals surface area contributed by atoms with E-state index in [0.29, 0.717) is 17.4 Å². The minimum Gasteiger partial charge on any atom is -0.494 e. The molecule has 1 aromatic carbocycles. The number of hydrogen-bond donors (Lipinski definition) is 0. The van der Waals surface area contributed by atoms with Gasteiger partial charge in [0.05, 0.1) is 19.8 Å². The van der Waals surface area contributed by atoms with E-state index in [1.165, 1.54) is 13.5 Å². The highest BCUT2D eigenvalue weighted by Crippen LogP contribution is 2.42. The summed E-state index contributed by atoms with van der Waals surface area (Å²) in [6.07, 6.45) is 12.0. The Morgan fingerprint density at radius 3 is 2.38 bits per heavy atom. The van der Waals surface area contributed by atoms with Gasteiger partial charge in [-0.25, -0.2) is 4.39 Å². The highest BCUT2D eigenvalue weighted by molar-refractivity contribution is 5.33. The average molecular weight is 364 g/mol. The van der Waals surface area contributed by atoms with Crippen LogP contribution in [-0.4, -0.2) is 19.8 Å². The van der Waals surface area contributed by atoms with Crippen molar-refractivity contribution in [2.75, 3.05) is 13.7 Å². The molecule has 2 aliphatic rings. The molecule has 26 heavy (non-hydrogen) atoms. The van der Waals surface area contributed by atoms with E-state index >= 15 is 0 Å². The summed E-state index contributed by atoms with van der Waals surface area (Å²) in [5.41, 5.74) is 0.506. The van der Waals surface area contributed by atoms with Gasteiger partial charge < -0.3 is 9.47 Å². The van der Waals surface area contributed by atoms with Crippen molar-refractivity contribution >= 4 is 0 Å². The van der Waals surface area contributed by atoms with Crippen LogP contribution in [0.2, 0.25) is 0 Å². The summed E-state index contributed by atoms with van der Waals surface area (Å²) in [5, 5.41) is 0. The van der Waals surface area contributed by atoms with Crippen LogP contribution in [0.3, 0.4) is 0 Å². The highest BCUT2D eigenvalue weighted by Gasteiger charge is 2.32. The van der Waals surface area contributed by atoms with E-state index in [2.05, 4.69) is 19.1 Å². The third kappa shape index (κ3) is 4.28. The van der Waals surface area contributed by atoms with Gasteiger partial charge in [0.15, 0.2) is 11.6 Å². The normalized spacial score (nSPS) is 29.8. The second-order valence-corrected chi connectivity index (χ2v) is 7.64. The zero-order valence-electron chi connectivity index (χ0n) is 15.8. The summed E-state index contributed by atoms with van der Waals surface area (Å²) < 4.78 is 39.2. The molecule has 0 N–H and O–H groups in total. The molecule has 2 atom stereocenters. The Hall–Kier alpha value is -1.42. The number of methoxy groups -OCH3 is 1. The first-order valence-corrected chi connectivity index (χ1v) is 9.94. The van der Waals surface area contributed by atoms with E-state index < -0.39 is 11.6 Å². The molecule has 3 rings (SSSR count). The SMILES string of the molecule is CCC=CC1CCC(C2CCC(c3ccc(OC)c(F)c3F)CC2)CO1. The van der Waals surface area contributed by atoms with Crippen molar-refractivity contribution in [3.63, 3.8) is 0 Å². The van der Waals surface area contributed by atoms with Crippen molar-refractivity contribution in [3.05, 3.63) is 41.5 Å². The van der Waals surface area contributed by atoms with Crippen LogP contribution in [0.25, 0.3) is 0 Å². The predicted molar refractivity (Wildman–Crippen MR) is 99.5 cm³/mol. The molecule has 0 aromatic heterocycles. The molecule has 4 heteroatoms. The molecule has 1 saturated heterocycles. The Balaban J connectivity index is 1.54. The summed E-state index contributed by atoms with van der Waals surface area (Å²) >= 11 is 0. The lowest BCUT2D eigenvalue weighted by Gasteiger charge is -2.37. The Morgan fingerprint density at radius 1 is 1.04 bits per heavy atom. The van der Waals surface area contributed by atoms with Gasteiger partial charge in [0, 0.05) is 0 Å². The zero-order chi connectivity index (χ0) is 18.5. The molecule has 1 aliphatic carbocycles. The summed E-state index contributed by atoms with van der Waals surface area (Å²) in [7, 11) is 1.36. The molecule has 0 spiro atoms. The quantitative estimate of drug-likeness (QED) is 0.596. The third-order valence-electron chi connectivity index (χ3n) is 6.11.